The lowest BCUT2D eigenvalue weighted by Gasteiger charge is -2.47. The minimum Gasteiger partial charge on any atom is -0.480 e. The fraction of sp³-hybridized carbons (Fsp3) is 0.444. The molecule has 2 saturated heterocycles. The van der Waals surface area contributed by atoms with Crippen LogP contribution in [0.3, 0.4) is 0 Å². The van der Waals surface area contributed by atoms with Gasteiger partial charge >= 0.3 is 5.97 Å². The van der Waals surface area contributed by atoms with Gasteiger partial charge in [-0.25, -0.2) is 4.79 Å². The van der Waals surface area contributed by atoms with Gasteiger partial charge in [0.15, 0.2) is 0 Å². The maximum absolute atomic E-state index is 13.9. The Balaban J connectivity index is 1.79. The molecule has 8 nitrogen and oxygen atoms in total. The van der Waals surface area contributed by atoms with E-state index in [1.807, 2.05) is 13.0 Å². The molecule has 2 aliphatic rings. The van der Waals surface area contributed by atoms with Crippen molar-refractivity contribution in [3.63, 3.8) is 0 Å². The van der Waals surface area contributed by atoms with Crippen LogP contribution in [-0.4, -0.2) is 71.1 Å². The van der Waals surface area contributed by atoms with E-state index in [0.717, 1.165) is 0 Å². The molecule has 4 rings (SSSR count). The molecule has 0 radical (unpaired) electrons. The SMILES string of the molecule is CCC[C@@H](C(=O)O)N1C(=O)[C@@H](CC(=O)N2CCOCC2)O[C@H](c2cccc(Cl)c2)[C@@H]1c1ccc(Cl)cc1. The van der Waals surface area contributed by atoms with Crippen LogP contribution in [0.5, 0.6) is 0 Å². The molecule has 0 bridgehead atoms. The first-order chi connectivity index (χ1) is 17.8. The van der Waals surface area contributed by atoms with Crippen molar-refractivity contribution in [1.29, 1.82) is 0 Å². The quantitative estimate of drug-likeness (QED) is 0.521. The topological polar surface area (TPSA) is 96.4 Å². The first-order valence-electron chi connectivity index (χ1n) is 12.4. The predicted octanol–water partition coefficient (Wildman–Crippen LogP) is 4.51. The lowest BCUT2D eigenvalue weighted by Crippen LogP contribution is -2.57. The van der Waals surface area contributed by atoms with Gasteiger partial charge in [0.1, 0.15) is 18.2 Å². The molecule has 198 valence electrons. The number of amides is 2. The summed E-state index contributed by atoms with van der Waals surface area (Å²) in [6.07, 6.45) is -1.32. The number of carbonyl (C=O) groups is 3. The number of rotatable bonds is 8. The Morgan fingerprint density at radius 3 is 2.38 bits per heavy atom. The number of aliphatic carboxylic acids is 1. The second-order valence-electron chi connectivity index (χ2n) is 9.18. The van der Waals surface area contributed by atoms with Gasteiger partial charge in [-0.05, 0) is 41.8 Å². The minimum atomic E-state index is -1.15. The second-order valence-corrected chi connectivity index (χ2v) is 10.1. The van der Waals surface area contributed by atoms with Crippen molar-refractivity contribution in [3.05, 3.63) is 69.7 Å². The molecular weight excluding hydrogens is 519 g/mol. The summed E-state index contributed by atoms with van der Waals surface area (Å²) in [6, 6.07) is 12.1. The summed E-state index contributed by atoms with van der Waals surface area (Å²) in [5.74, 6) is -1.88. The third-order valence-corrected chi connectivity index (χ3v) is 7.21. The molecule has 2 aromatic carbocycles. The Labute approximate surface area is 226 Å². The Morgan fingerprint density at radius 1 is 1.05 bits per heavy atom. The number of carboxylic acid groups (broad SMARTS) is 1. The number of halogens is 2. The highest BCUT2D eigenvalue weighted by molar-refractivity contribution is 6.30. The van der Waals surface area contributed by atoms with Crippen LogP contribution in [-0.2, 0) is 23.9 Å². The number of nitrogens with zero attached hydrogens (tertiary/aromatic N) is 2. The van der Waals surface area contributed by atoms with Crippen molar-refractivity contribution in [2.45, 2.75) is 50.5 Å². The van der Waals surface area contributed by atoms with Gasteiger partial charge in [-0.2, -0.15) is 0 Å². The van der Waals surface area contributed by atoms with Gasteiger partial charge in [0.2, 0.25) is 5.91 Å². The monoisotopic (exact) mass is 548 g/mol. The normalized spacial score (nSPS) is 23.1. The van der Waals surface area contributed by atoms with Crippen LogP contribution in [0.25, 0.3) is 0 Å². The standard InChI is InChI=1S/C27H30Cl2N2O6/c1-2-4-21(27(34)35)31-24(17-7-9-19(28)10-8-17)25(18-5-3-6-20(29)15-18)37-22(26(31)33)16-23(32)30-11-13-36-14-12-30/h3,5-10,15,21-22,24-25H,2,4,11-14,16H2,1H3,(H,34,35)/t21-,22+,24-,25+/m0/s1. The number of carbonyl (C=O) groups excluding carboxylic acids is 2. The average molecular weight is 549 g/mol. The molecule has 0 unspecified atom stereocenters. The number of hydrogen-bond acceptors (Lipinski definition) is 5. The zero-order valence-corrected chi connectivity index (χ0v) is 22.0. The van der Waals surface area contributed by atoms with E-state index in [1.54, 1.807) is 47.4 Å². The largest absolute Gasteiger partial charge is 0.480 e. The van der Waals surface area contributed by atoms with Gasteiger partial charge in [-0.1, -0.05) is 60.8 Å². The molecule has 2 heterocycles. The first-order valence-corrected chi connectivity index (χ1v) is 13.1. The highest BCUT2D eigenvalue weighted by Crippen LogP contribution is 2.44. The van der Waals surface area contributed by atoms with E-state index in [1.165, 1.54) is 4.90 Å². The van der Waals surface area contributed by atoms with E-state index in [-0.39, 0.29) is 18.7 Å². The van der Waals surface area contributed by atoms with Gasteiger partial charge in [-0.3, -0.25) is 9.59 Å². The van der Waals surface area contributed by atoms with Gasteiger partial charge in [0, 0.05) is 23.1 Å². The fourth-order valence-corrected chi connectivity index (χ4v) is 5.26. The van der Waals surface area contributed by atoms with Crippen molar-refractivity contribution >= 4 is 41.0 Å². The summed E-state index contributed by atoms with van der Waals surface area (Å²) >= 11 is 12.4. The van der Waals surface area contributed by atoms with Gasteiger partial charge in [0.25, 0.3) is 5.91 Å². The lowest BCUT2D eigenvalue weighted by molar-refractivity contribution is -0.187. The molecule has 2 aliphatic heterocycles. The molecule has 2 amide bonds. The summed E-state index contributed by atoms with van der Waals surface area (Å²) in [5.41, 5.74) is 1.34. The summed E-state index contributed by atoms with van der Waals surface area (Å²) < 4.78 is 11.7. The highest BCUT2D eigenvalue weighted by Gasteiger charge is 2.49. The lowest BCUT2D eigenvalue weighted by atomic mass is 9.89. The summed E-state index contributed by atoms with van der Waals surface area (Å²) in [7, 11) is 0. The van der Waals surface area contributed by atoms with Crippen LogP contribution in [0, 0.1) is 0 Å². The van der Waals surface area contributed by atoms with Gasteiger partial charge in [-0.15, -0.1) is 0 Å². The molecule has 0 aliphatic carbocycles. The molecule has 2 aromatic rings. The van der Waals surface area contributed by atoms with Crippen molar-refractivity contribution < 1.29 is 29.0 Å². The van der Waals surface area contributed by atoms with E-state index in [0.29, 0.717) is 53.9 Å². The Morgan fingerprint density at radius 2 is 1.76 bits per heavy atom. The highest BCUT2D eigenvalue weighted by atomic mass is 35.5. The molecule has 0 aromatic heterocycles. The number of morpholine rings is 2. The van der Waals surface area contributed by atoms with Crippen LogP contribution in [0.4, 0.5) is 0 Å². The zero-order valence-electron chi connectivity index (χ0n) is 20.5. The smallest absolute Gasteiger partial charge is 0.326 e. The van der Waals surface area contributed by atoms with Crippen LogP contribution >= 0.6 is 23.2 Å². The van der Waals surface area contributed by atoms with E-state index in [2.05, 4.69) is 0 Å². The molecule has 37 heavy (non-hydrogen) atoms. The number of ether oxygens (including phenoxy) is 2. The molecule has 0 saturated carbocycles. The Kier molecular flexibility index (Phi) is 9.08. The van der Waals surface area contributed by atoms with Gasteiger partial charge in [0.05, 0.1) is 25.7 Å². The summed E-state index contributed by atoms with van der Waals surface area (Å²) in [4.78, 5) is 42.6. The summed E-state index contributed by atoms with van der Waals surface area (Å²) in [5, 5.41) is 11.2. The third kappa shape index (κ3) is 6.26. The first kappa shape index (κ1) is 27.4. The number of hydrogen-bond donors (Lipinski definition) is 1. The predicted molar refractivity (Wildman–Crippen MR) is 138 cm³/mol. The van der Waals surface area contributed by atoms with Crippen LogP contribution < -0.4 is 0 Å². The Bertz CT molecular complexity index is 1120. The number of benzene rings is 2. The van der Waals surface area contributed by atoms with Crippen LogP contribution in [0.15, 0.2) is 48.5 Å². The maximum atomic E-state index is 13.9. The van der Waals surface area contributed by atoms with E-state index < -0.39 is 36.2 Å². The van der Waals surface area contributed by atoms with E-state index >= 15 is 0 Å². The second kappa shape index (κ2) is 12.3. The van der Waals surface area contributed by atoms with Gasteiger partial charge < -0.3 is 24.4 Å². The molecule has 2 fully saturated rings. The Hall–Kier alpha value is -2.65. The van der Waals surface area contributed by atoms with Crippen molar-refractivity contribution in [3.8, 4) is 0 Å². The minimum absolute atomic E-state index is 0.196. The summed E-state index contributed by atoms with van der Waals surface area (Å²) in [6.45, 7) is 3.59. The molecular formula is C27H30Cl2N2O6. The van der Waals surface area contributed by atoms with Crippen molar-refractivity contribution in [2.24, 2.45) is 0 Å². The third-order valence-electron chi connectivity index (χ3n) is 6.72. The molecule has 1 N–H and O–H groups in total. The van der Waals surface area contributed by atoms with Crippen molar-refractivity contribution in [1.82, 2.24) is 9.80 Å². The molecule has 4 atom stereocenters. The maximum Gasteiger partial charge on any atom is 0.326 e. The zero-order chi connectivity index (χ0) is 26.5. The molecule has 0 spiro atoms. The van der Waals surface area contributed by atoms with Crippen LogP contribution in [0.1, 0.15) is 49.5 Å². The van der Waals surface area contributed by atoms with E-state index in [4.69, 9.17) is 32.7 Å². The van der Waals surface area contributed by atoms with Crippen molar-refractivity contribution in [2.75, 3.05) is 26.3 Å². The molecule has 10 heteroatoms. The number of carboxylic acids is 1. The van der Waals surface area contributed by atoms with E-state index in [9.17, 15) is 19.5 Å². The van der Waals surface area contributed by atoms with Crippen LogP contribution in [0.2, 0.25) is 10.0 Å². The average Bonchev–Trinajstić information content (AvgIpc) is 2.89. The fourth-order valence-electron chi connectivity index (χ4n) is 4.94.